The van der Waals surface area contributed by atoms with Crippen molar-refractivity contribution in [2.75, 3.05) is 13.2 Å². The van der Waals surface area contributed by atoms with Crippen molar-refractivity contribution >= 4 is 6.09 Å². The summed E-state index contributed by atoms with van der Waals surface area (Å²) in [6.45, 7) is 10.0. The van der Waals surface area contributed by atoms with Gasteiger partial charge < -0.3 is 26.2 Å². The third-order valence-corrected chi connectivity index (χ3v) is 2.90. The van der Waals surface area contributed by atoms with Crippen LogP contribution in [-0.4, -0.2) is 48.1 Å². The highest BCUT2D eigenvalue weighted by atomic mass is 16.6. The highest BCUT2D eigenvalue weighted by molar-refractivity contribution is 5.68. The number of aliphatic hydroxyl groups is 1. The smallest absolute Gasteiger partial charge is 0.407 e. The highest BCUT2D eigenvalue weighted by Gasteiger charge is 2.22. The largest absolute Gasteiger partial charge is 0.444 e. The van der Waals surface area contributed by atoms with E-state index in [1.165, 1.54) is 0 Å². The molecule has 0 heterocycles. The van der Waals surface area contributed by atoms with Crippen molar-refractivity contribution in [1.29, 1.82) is 0 Å². The van der Waals surface area contributed by atoms with Crippen LogP contribution in [0.2, 0.25) is 0 Å². The van der Waals surface area contributed by atoms with Gasteiger partial charge in [-0.3, -0.25) is 0 Å². The second-order valence-corrected chi connectivity index (χ2v) is 6.21. The lowest BCUT2D eigenvalue weighted by Crippen LogP contribution is -2.54. The fraction of sp³-hybridized carbons (Fsp3) is 0.929. The lowest BCUT2D eigenvalue weighted by Gasteiger charge is -2.29. The lowest BCUT2D eigenvalue weighted by molar-refractivity contribution is 0.0497. The normalized spacial score (nSPS) is 16.4. The molecule has 0 aromatic heterocycles. The van der Waals surface area contributed by atoms with E-state index in [2.05, 4.69) is 10.6 Å². The molecule has 6 nitrogen and oxygen atoms in total. The van der Waals surface area contributed by atoms with Crippen molar-refractivity contribution < 1.29 is 14.6 Å². The molecular formula is C14H31N3O3. The van der Waals surface area contributed by atoms with Gasteiger partial charge in [0.05, 0.1) is 0 Å². The average Bonchev–Trinajstić information content (AvgIpc) is 2.30. The zero-order valence-electron chi connectivity index (χ0n) is 13.4. The Morgan fingerprint density at radius 1 is 1.35 bits per heavy atom. The standard InChI is InChI=1S/C14H31N3O3/c1-10(7-6-8-18)16-12(9-15)11(2)17-13(19)20-14(3,4)5/h10-12,16,18H,6-9,15H2,1-5H3,(H,17,19). The molecule has 0 aromatic rings. The van der Waals surface area contributed by atoms with E-state index in [9.17, 15) is 4.79 Å². The lowest BCUT2D eigenvalue weighted by atomic mass is 10.1. The molecule has 0 aliphatic rings. The Bertz CT molecular complexity index is 279. The summed E-state index contributed by atoms with van der Waals surface area (Å²) in [5, 5.41) is 15.0. The molecule has 3 atom stereocenters. The van der Waals surface area contributed by atoms with Gasteiger partial charge in [-0.15, -0.1) is 0 Å². The molecule has 0 saturated carbocycles. The second kappa shape index (κ2) is 9.15. The van der Waals surface area contributed by atoms with E-state index in [-0.39, 0.29) is 24.7 Å². The number of alkyl carbamates (subject to hydrolysis) is 1. The average molecular weight is 289 g/mol. The van der Waals surface area contributed by atoms with Crippen LogP contribution in [0.4, 0.5) is 4.79 Å². The number of nitrogens with one attached hydrogen (secondary N) is 2. The predicted molar refractivity (Wildman–Crippen MR) is 80.6 cm³/mol. The fourth-order valence-electron chi connectivity index (χ4n) is 1.86. The van der Waals surface area contributed by atoms with Crippen molar-refractivity contribution in [1.82, 2.24) is 10.6 Å². The van der Waals surface area contributed by atoms with Crippen LogP contribution in [-0.2, 0) is 4.74 Å². The van der Waals surface area contributed by atoms with Crippen LogP contribution in [0, 0.1) is 0 Å². The van der Waals surface area contributed by atoms with Gasteiger partial charge in [0, 0.05) is 31.3 Å². The van der Waals surface area contributed by atoms with Gasteiger partial charge in [0.25, 0.3) is 0 Å². The van der Waals surface area contributed by atoms with E-state index in [1.54, 1.807) is 0 Å². The topological polar surface area (TPSA) is 96.6 Å². The molecule has 0 aromatic carbocycles. The summed E-state index contributed by atoms with van der Waals surface area (Å²) in [5.41, 5.74) is 5.24. The second-order valence-electron chi connectivity index (χ2n) is 6.21. The molecule has 0 bridgehead atoms. The van der Waals surface area contributed by atoms with E-state index in [0.29, 0.717) is 6.54 Å². The van der Waals surface area contributed by atoms with Gasteiger partial charge in [-0.25, -0.2) is 4.79 Å². The Hall–Kier alpha value is -0.850. The third-order valence-electron chi connectivity index (χ3n) is 2.90. The molecule has 0 fully saturated rings. The van der Waals surface area contributed by atoms with Crippen LogP contribution < -0.4 is 16.4 Å². The first kappa shape index (κ1) is 19.1. The molecular weight excluding hydrogens is 258 g/mol. The fourth-order valence-corrected chi connectivity index (χ4v) is 1.86. The molecule has 20 heavy (non-hydrogen) atoms. The van der Waals surface area contributed by atoms with Crippen molar-refractivity contribution in [2.24, 2.45) is 5.73 Å². The van der Waals surface area contributed by atoms with Crippen LogP contribution in [0.25, 0.3) is 0 Å². The van der Waals surface area contributed by atoms with E-state index in [4.69, 9.17) is 15.6 Å². The van der Waals surface area contributed by atoms with Crippen LogP contribution in [0.5, 0.6) is 0 Å². The van der Waals surface area contributed by atoms with E-state index < -0.39 is 11.7 Å². The summed E-state index contributed by atoms with van der Waals surface area (Å²) >= 11 is 0. The van der Waals surface area contributed by atoms with Crippen molar-refractivity contribution in [2.45, 2.75) is 71.2 Å². The molecule has 3 unspecified atom stereocenters. The minimum Gasteiger partial charge on any atom is -0.444 e. The summed E-state index contributed by atoms with van der Waals surface area (Å²) in [6.07, 6.45) is 1.18. The predicted octanol–water partition coefficient (Wildman–Crippen LogP) is 0.978. The Kier molecular flexibility index (Phi) is 8.76. The maximum atomic E-state index is 11.7. The zero-order valence-corrected chi connectivity index (χ0v) is 13.4. The molecule has 0 aliphatic heterocycles. The van der Waals surface area contributed by atoms with Crippen LogP contribution >= 0.6 is 0 Å². The van der Waals surface area contributed by atoms with Crippen molar-refractivity contribution in [3.8, 4) is 0 Å². The monoisotopic (exact) mass is 289 g/mol. The summed E-state index contributed by atoms with van der Waals surface area (Å²) in [6, 6.07) is 0.0706. The first-order valence-electron chi connectivity index (χ1n) is 7.26. The van der Waals surface area contributed by atoms with E-state index in [0.717, 1.165) is 12.8 Å². The Morgan fingerprint density at radius 3 is 2.40 bits per heavy atom. The van der Waals surface area contributed by atoms with Gasteiger partial charge in [-0.05, 0) is 47.5 Å². The van der Waals surface area contributed by atoms with Gasteiger partial charge in [0.1, 0.15) is 5.60 Å². The number of aliphatic hydroxyl groups excluding tert-OH is 1. The number of hydrogen-bond acceptors (Lipinski definition) is 5. The maximum absolute atomic E-state index is 11.7. The summed E-state index contributed by atoms with van der Waals surface area (Å²) in [4.78, 5) is 11.7. The minimum absolute atomic E-state index is 0.0313. The molecule has 0 spiro atoms. The molecule has 6 heteroatoms. The number of rotatable bonds is 8. The Balaban J connectivity index is 4.26. The van der Waals surface area contributed by atoms with Crippen LogP contribution in [0.1, 0.15) is 47.5 Å². The van der Waals surface area contributed by atoms with E-state index in [1.807, 2.05) is 34.6 Å². The molecule has 0 aliphatic carbocycles. The first-order valence-corrected chi connectivity index (χ1v) is 7.26. The summed E-state index contributed by atoms with van der Waals surface area (Å²) in [7, 11) is 0. The zero-order chi connectivity index (χ0) is 15.8. The molecule has 0 radical (unpaired) electrons. The van der Waals surface area contributed by atoms with Gasteiger partial charge in [0.15, 0.2) is 0 Å². The van der Waals surface area contributed by atoms with Crippen molar-refractivity contribution in [3.63, 3.8) is 0 Å². The molecule has 0 saturated heterocycles. The van der Waals surface area contributed by atoms with Gasteiger partial charge >= 0.3 is 6.09 Å². The van der Waals surface area contributed by atoms with Crippen LogP contribution in [0.3, 0.4) is 0 Å². The molecule has 0 rings (SSSR count). The molecule has 120 valence electrons. The van der Waals surface area contributed by atoms with E-state index >= 15 is 0 Å². The Labute approximate surface area is 122 Å². The SMILES string of the molecule is CC(CCCO)NC(CN)C(C)NC(=O)OC(C)(C)C. The van der Waals surface area contributed by atoms with Gasteiger partial charge in [-0.2, -0.15) is 0 Å². The third kappa shape index (κ3) is 9.12. The molecule has 1 amide bonds. The molecule has 5 N–H and O–H groups in total. The van der Waals surface area contributed by atoms with Crippen LogP contribution in [0.15, 0.2) is 0 Å². The minimum atomic E-state index is -0.510. The summed E-state index contributed by atoms with van der Waals surface area (Å²) in [5.74, 6) is 0. The highest BCUT2D eigenvalue weighted by Crippen LogP contribution is 2.07. The number of amides is 1. The number of nitrogens with two attached hydrogens (primary N) is 1. The number of carbonyl (C=O) groups is 1. The maximum Gasteiger partial charge on any atom is 0.407 e. The number of carbonyl (C=O) groups excluding carboxylic acids is 1. The first-order chi connectivity index (χ1) is 9.19. The van der Waals surface area contributed by atoms with Gasteiger partial charge in [0.2, 0.25) is 0 Å². The summed E-state index contributed by atoms with van der Waals surface area (Å²) < 4.78 is 5.22. The quantitative estimate of drug-likeness (QED) is 0.534. The van der Waals surface area contributed by atoms with Crippen molar-refractivity contribution in [3.05, 3.63) is 0 Å². The number of ether oxygens (including phenoxy) is 1. The number of hydrogen-bond donors (Lipinski definition) is 4. The Morgan fingerprint density at radius 2 is 1.95 bits per heavy atom. The van der Waals surface area contributed by atoms with Gasteiger partial charge in [-0.1, -0.05) is 0 Å².